The summed E-state index contributed by atoms with van der Waals surface area (Å²) in [6.07, 6.45) is 1.31. The average Bonchev–Trinajstić information content (AvgIpc) is 2.98. The average molecular weight is 345 g/mol. The molecule has 0 unspecified atom stereocenters. The lowest BCUT2D eigenvalue weighted by Crippen LogP contribution is -2.38. The van der Waals surface area contributed by atoms with Crippen LogP contribution in [-0.2, 0) is 14.3 Å². The van der Waals surface area contributed by atoms with Gasteiger partial charge in [-0.2, -0.15) is 0 Å². The van der Waals surface area contributed by atoms with Crippen LogP contribution in [0.1, 0.15) is 51.3 Å². The van der Waals surface area contributed by atoms with Gasteiger partial charge in [-0.15, -0.1) is 11.3 Å². The Hall–Kier alpha value is -1.88. The smallest absolute Gasteiger partial charge is 0.336 e. The highest BCUT2D eigenvalue weighted by atomic mass is 32.1. The molecule has 0 amide bonds. The fourth-order valence-electron chi connectivity index (χ4n) is 3.66. The van der Waals surface area contributed by atoms with Gasteiger partial charge in [-0.25, -0.2) is 4.79 Å². The Morgan fingerprint density at radius 2 is 2.17 bits per heavy atom. The highest BCUT2D eigenvalue weighted by molar-refractivity contribution is 7.10. The van der Waals surface area contributed by atoms with E-state index in [0.717, 1.165) is 28.3 Å². The van der Waals surface area contributed by atoms with Gasteiger partial charge in [-0.3, -0.25) is 4.79 Å². The molecule has 4 nitrogen and oxygen atoms in total. The van der Waals surface area contributed by atoms with Gasteiger partial charge in [0.2, 0.25) is 0 Å². The maximum Gasteiger partial charge on any atom is 0.336 e. The van der Waals surface area contributed by atoms with E-state index in [1.165, 1.54) is 0 Å². The van der Waals surface area contributed by atoms with Crippen LogP contribution < -0.4 is 5.32 Å². The van der Waals surface area contributed by atoms with E-state index in [9.17, 15) is 9.59 Å². The number of carbonyl (C=O) groups excluding carboxylic acids is 2. The monoisotopic (exact) mass is 345 g/mol. The largest absolute Gasteiger partial charge is 0.463 e. The molecule has 1 atom stereocenters. The molecule has 0 saturated heterocycles. The van der Waals surface area contributed by atoms with Crippen LogP contribution in [-0.4, -0.2) is 18.4 Å². The van der Waals surface area contributed by atoms with Crippen LogP contribution in [0.2, 0.25) is 0 Å². The van der Waals surface area contributed by atoms with Crippen molar-refractivity contribution in [2.24, 2.45) is 5.41 Å². The van der Waals surface area contributed by atoms with E-state index in [1.54, 1.807) is 18.3 Å². The third-order valence-corrected chi connectivity index (χ3v) is 5.50. The first kappa shape index (κ1) is 17.0. The van der Waals surface area contributed by atoms with Crippen molar-refractivity contribution in [3.8, 4) is 0 Å². The predicted octanol–water partition coefficient (Wildman–Crippen LogP) is 3.92. The van der Waals surface area contributed by atoms with E-state index < -0.39 is 0 Å². The highest BCUT2D eigenvalue weighted by Crippen LogP contribution is 2.47. The van der Waals surface area contributed by atoms with E-state index >= 15 is 0 Å². The van der Waals surface area contributed by atoms with Crippen LogP contribution in [0.25, 0.3) is 0 Å². The lowest BCUT2D eigenvalue weighted by atomic mass is 9.70. The SMILES string of the molecule is CCOC(=O)C1=C(C)NC2=C(C(=O)CC(C)(C)C2)[C@@H]1c1cccs1. The minimum Gasteiger partial charge on any atom is -0.463 e. The number of ether oxygens (including phenoxy) is 1. The Balaban J connectivity index is 2.14. The topological polar surface area (TPSA) is 55.4 Å². The minimum atomic E-state index is -0.343. The lowest BCUT2D eigenvalue weighted by molar-refractivity contribution is -0.138. The molecule has 0 bridgehead atoms. The summed E-state index contributed by atoms with van der Waals surface area (Å²) in [5.41, 5.74) is 2.98. The van der Waals surface area contributed by atoms with Crippen LogP contribution in [0.15, 0.2) is 40.1 Å². The quantitative estimate of drug-likeness (QED) is 0.844. The Morgan fingerprint density at radius 3 is 2.79 bits per heavy atom. The third-order valence-electron chi connectivity index (χ3n) is 4.56. The van der Waals surface area contributed by atoms with Crippen molar-refractivity contribution in [3.63, 3.8) is 0 Å². The summed E-state index contributed by atoms with van der Waals surface area (Å²) < 4.78 is 5.27. The van der Waals surface area contributed by atoms with Gasteiger partial charge in [-0.1, -0.05) is 19.9 Å². The highest BCUT2D eigenvalue weighted by Gasteiger charge is 2.43. The summed E-state index contributed by atoms with van der Waals surface area (Å²) in [5.74, 6) is -0.532. The Labute approximate surface area is 146 Å². The summed E-state index contributed by atoms with van der Waals surface area (Å²) in [7, 11) is 0. The molecule has 3 rings (SSSR count). The number of carbonyl (C=O) groups is 2. The van der Waals surface area contributed by atoms with Crippen LogP contribution in [0.3, 0.4) is 0 Å². The van der Waals surface area contributed by atoms with E-state index in [0.29, 0.717) is 18.6 Å². The molecule has 1 aliphatic carbocycles. The first-order chi connectivity index (χ1) is 11.3. The molecule has 1 N–H and O–H groups in total. The van der Waals surface area contributed by atoms with Gasteiger partial charge in [0, 0.05) is 28.3 Å². The molecule has 0 spiro atoms. The van der Waals surface area contributed by atoms with Crippen molar-refractivity contribution >= 4 is 23.1 Å². The normalized spacial score (nSPS) is 23.0. The maximum atomic E-state index is 12.9. The lowest BCUT2D eigenvalue weighted by Gasteiger charge is -2.39. The molecular formula is C19H23NO3S. The summed E-state index contributed by atoms with van der Waals surface area (Å²) in [6, 6.07) is 3.95. The predicted molar refractivity (Wildman–Crippen MR) is 94.6 cm³/mol. The first-order valence-electron chi connectivity index (χ1n) is 8.28. The number of hydrogen-bond acceptors (Lipinski definition) is 5. The van der Waals surface area contributed by atoms with Crippen LogP contribution in [0.4, 0.5) is 0 Å². The van der Waals surface area contributed by atoms with Crippen molar-refractivity contribution in [2.75, 3.05) is 6.61 Å². The van der Waals surface area contributed by atoms with Gasteiger partial charge in [-0.05, 0) is 37.1 Å². The molecular weight excluding hydrogens is 322 g/mol. The van der Waals surface area contributed by atoms with Crippen molar-refractivity contribution < 1.29 is 14.3 Å². The summed E-state index contributed by atoms with van der Waals surface area (Å²) >= 11 is 1.57. The number of hydrogen-bond donors (Lipinski definition) is 1. The number of esters is 1. The first-order valence-corrected chi connectivity index (χ1v) is 9.16. The summed E-state index contributed by atoms with van der Waals surface area (Å²) in [6.45, 7) is 8.22. The molecule has 0 radical (unpaired) electrons. The Bertz CT molecular complexity index is 741. The van der Waals surface area contributed by atoms with Gasteiger partial charge >= 0.3 is 5.97 Å². The third kappa shape index (κ3) is 2.93. The zero-order valence-electron chi connectivity index (χ0n) is 14.6. The van der Waals surface area contributed by atoms with E-state index in [1.807, 2.05) is 24.4 Å². The fraction of sp³-hybridized carbons (Fsp3) is 0.474. The van der Waals surface area contributed by atoms with Crippen molar-refractivity contribution in [1.82, 2.24) is 5.32 Å². The summed E-state index contributed by atoms with van der Waals surface area (Å²) in [4.78, 5) is 26.5. The van der Waals surface area contributed by atoms with E-state index in [4.69, 9.17) is 4.74 Å². The van der Waals surface area contributed by atoms with Crippen molar-refractivity contribution in [1.29, 1.82) is 0 Å². The van der Waals surface area contributed by atoms with Crippen molar-refractivity contribution in [2.45, 2.75) is 46.5 Å². The molecule has 0 saturated carbocycles. The number of Topliss-reactive ketones (excluding diaryl/α,β-unsaturated/α-hetero) is 1. The number of thiophene rings is 1. The molecule has 2 aliphatic rings. The fourth-order valence-corrected chi connectivity index (χ4v) is 4.50. The van der Waals surface area contributed by atoms with Crippen LogP contribution >= 0.6 is 11.3 Å². The van der Waals surface area contributed by atoms with Crippen molar-refractivity contribution in [3.05, 3.63) is 44.9 Å². The molecule has 0 aromatic carbocycles. The molecule has 128 valence electrons. The molecule has 2 heterocycles. The zero-order chi connectivity index (χ0) is 17.5. The van der Waals surface area contributed by atoms with Crippen LogP contribution in [0.5, 0.6) is 0 Å². The molecule has 24 heavy (non-hydrogen) atoms. The molecule has 1 aromatic heterocycles. The Morgan fingerprint density at radius 1 is 1.42 bits per heavy atom. The molecule has 1 aliphatic heterocycles. The number of nitrogens with one attached hydrogen (secondary N) is 1. The zero-order valence-corrected chi connectivity index (χ0v) is 15.4. The van der Waals surface area contributed by atoms with Gasteiger partial charge in [0.05, 0.1) is 18.1 Å². The molecule has 1 aromatic rings. The number of rotatable bonds is 3. The minimum absolute atomic E-state index is 0.0649. The second-order valence-electron chi connectivity index (χ2n) is 7.17. The maximum absolute atomic E-state index is 12.9. The molecule has 0 fully saturated rings. The Kier molecular flexibility index (Phi) is 4.38. The van der Waals surface area contributed by atoms with Gasteiger partial charge in [0.25, 0.3) is 0 Å². The second kappa shape index (κ2) is 6.20. The standard InChI is InChI=1S/C19H23NO3S/c1-5-23-18(22)15-11(2)20-12-9-19(3,4)10-13(21)16(12)17(15)14-7-6-8-24-14/h6-8,17,20H,5,9-10H2,1-4H3/t17-/m1/s1. The van der Waals surface area contributed by atoms with E-state index in [-0.39, 0.29) is 23.1 Å². The van der Waals surface area contributed by atoms with Crippen LogP contribution in [0, 0.1) is 5.41 Å². The summed E-state index contributed by atoms with van der Waals surface area (Å²) in [5, 5.41) is 5.31. The van der Waals surface area contributed by atoms with Gasteiger partial charge in [0.15, 0.2) is 5.78 Å². The second-order valence-corrected chi connectivity index (χ2v) is 8.15. The number of ketones is 1. The van der Waals surface area contributed by atoms with Gasteiger partial charge in [0.1, 0.15) is 0 Å². The molecule has 5 heteroatoms. The van der Waals surface area contributed by atoms with E-state index in [2.05, 4.69) is 19.2 Å². The number of allylic oxidation sites excluding steroid dienone is 3. The van der Waals surface area contributed by atoms with Gasteiger partial charge < -0.3 is 10.1 Å². The number of dihydropyridines is 1.